The molecule has 0 aromatic heterocycles. The third kappa shape index (κ3) is 3.42. The van der Waals surface area contributed by atoms with Gasteiger partial charge in [0.15, 0.2) is 0 Å². The highest BCUT2D eigenvalue weighted by molar-refractivity contribution is 8.00. The predicted octanol–water partition coefficient (Wildman–Crippen LogP) is 4.24. The molecule has 1 aliphatic carbocycles. The number of thioether (sulfide) groups is 1. The number of hydrogen-bond acceptors (Lipinski definition) is 2. The molecule has 0 heterocycles. The zero-order valence-electron chi connectivity index (χ0n) is 11.5. The molecule has 0 unspecified atom stereocenters. The van der Waals surface area contributed by atoms with Crippen LogP contribution in [0.4, 0.5) is 0 Å². The van der Waals surface area contributed by atoms with Crippen molar-refractivity contribution >= 4 is 29.3 Å². The number of rotatable bonds is 4. The molecule has 2 aromatic rings. The molecule has 1 atom stereocenters. The van der Waals surface area contributed by atoms with Crippen molar-refractivity contribution in [3.8, 4) is 0 Å². The van der Waals surface area contributed by atoms with E-state index in [1.54, 1.807) is 0 Å². The van der Waals surface area contributed by atoms with Crippen molar-refractivity contribution in [1.82, 2.24) is 5.32 Å². The quantitative estimate of drug-likeness (QED) is 0.855. The first-order valence-electron chi connectivity index (χ1n) is 6.98. The maximum atomic E-state index is 12.1. The van der Waals surface area contributed by atoms with Crippen LogP contribution in [0.1, 0.15) is 23.6 Å². The van der Waals surface area contributed by atoms with Gasteiger partial charge in [-0.15, -0.1) is 11.8 Å². The number of aryl methyl sites for hydroxylation is 1. The molecule has 3 rings (SSSR count). The van der Waals surface area contributed by atoms with Crippen molar-refractivity contribution in [1.29, 1.82) is 0 Å². The minimum Gasteiger partial charge on any atom is -0.349 e. The SMILES string of the molecule is O=C(CSc1ccccc1Cl)N[C@H]1CCc2ccccc21. The summed E-state index contributed by atoms with van der Waals surface area (Å²) in [6.45, 7) is 0. The summed E-state index contributed by atoms with van der Waals surface area (Å²) < 4.78 is 0. The fourth-order valence-corrected chi connectivity index (χ4v) is 3.70. The largest absolute Gasteiger partial charge is 0.349 e. The molecule has 2 aromatic carbocycles. The number of halogens is 1. The minimum absolute atomic E-state index is 0.0571. The molecule has 1 amide bonds. The summed E-state index contributed by atoms with van der Waals surface area (Å²) in [4.78, 5) is 13.1. The summed E-state index contributed by atoms with van der Waals surface area (Å²) >= 11 is 7.57. The topological polar surface area (TPSA) is 29.1 Å². The zero-order valence-corrected chi connectivity index (χ0v) is 13.1. The second kappa shape index (κ2) is 6.54. The van der Waals surface area contributed by atoms with Crippen molar-refractivity contribution in [3.05, 3.63) is 64.7 Å². The summed E-state index contributed by atoms with van der Waals surface area (Å²) in [6.07, 6.45) is 2.03. The third-order valence-electron chi connectivity index (χ3n) is 3.66. The van der Waals surface area contributed by atoms with Crippen LogP contribution in [-0.2, 0) is 11.2 Å². The molecule has 2 nitrogen and oxygen atoms in total. The van der Waals surface area contributed by atoms with Gasteiger partial charge in [-0.3, -0.25) is 4.79 Å². The maximum absolute atomic E-state index is 12.1. The molecule has 0 fully saturated rings. The molecule has 0 saturated heterocycles. The number of hydrogen-bond donors (Lipinski definition) is 1. The Balaban J connectivity index is 1.57. The molecule has 21 heavy (non-hydrogen) atoms. The van der Waals surface area contributed by atoms with E-state index < -0.39 is 0 Å². The molecule has 0 spiro atoms. The van der Waals surface area contributed by atoms with Crippen LogP contribution in [0.15, 0.2) is 53.4 Å². The van der Waals surface area contributed by atoms with Crippen LogP contribution in [0, 0.1) is 0 Å². The van der Waals surface area contributed by atoms with E-state index in [0.717, 1.165) is 17.7 Å². The Hall–Kier alpha value is -1.45. The Bertz CT molecular complexity index is 659. The van der Waals surface area contributed by atoms with Crippen LogP contribution in [0.2, 0.25) is 5.02 Å². The van der Waals surface area contributed by atoms with Crippen molar-refractivity contribution < 1.29 is 4.79 Å². The molecule has 4 heteroatoms. The highest BCUT2D eigenvalue weighted by atomic mass is 35.5. The molecule has 0 aliphatic heterocycles. The lowest BCUT2D eigenvalue weighted by atomic mass is 10.1. The number of carbonyl (C=O) groups excluding carboxylic acids is 1. The lowest BCUT2D eigenvalue weighted by Crippen LogP contribution is -2.28. The van der Waals surface area contributed by atoms with Crippen LogP contribution >= 0.6 is 23.4 Å². The highest BCUT2D eigenvalue weighted by Crippen LogP contribution is 2.31. The average Bonchev–Trinajstić information content (AvgIpc) is 2.90. The van der Waals surface area contributed by atoms with Crippen molar-refractivity contribution in [2.45, 2.75) is 23.8 Å². The van der Waals surface area contributed by atoms with Gasteiger partial charge < -0.3 is 5.32 Å². The van der Waals surface area contributed by atoms with Crippen LogP contribution in [0.25, 0.3) is 0 Å². The second-order valence-electron chi connectivity index (χ2n) is 5.08. The Labute approximate surface area is 133 Å². The second-order valence-corrected chi connectivity index (χ2v) is 6.50. The molecular weight excluding hydrogens is 302 g/mol. The number of benzene rings is 2. The fraction of sp³-hybridized carbons (Fsp3) is 0.235. The van der Waals surface area contributed by atoms with Crippen molar-refractivity contribution in [3.63, 3.8) is 0 Å². The first-order chi connectivity index (χ1) is 10.2. The van der Waals surface area contributed by atoms with Crippen LogP contribution in [0.5, 0.6) is 0 Å². The Morgan fingerprint density at radius 1 is 1.19 bits per heavy atom. The lowest BCUT2D eigenvalue weighted by Gasteiger charge is -2.14. The van der Waals surface area contributed by atoms with E-state index >= 15 is 0 Å². The standard InChI is InChI=1S/C17H16ClNOS/c18-14-7-3-4-8-16(14)21-11-17(20)19-15-10-9-12-5-1-2-6-13(12)15/h1-8,15H,9-11H2,(H,19,20)/t15-/m0/s1. The van der Waals surface area contributed by atoms with E-state index in [1.807, 2.05) is 30.3 Å². The van der Waals surface area contributed by atoms with Crippen LogP contribution in [-0.4, -0.2) is 11.7 Å². The third-order valence-corrected chi connectivity index (χ3v) is 5.18. The molecule has 0 saturated carbocycles. The van der Waals surface area contributed by atoms with E-state index in [4.69, 9.17) is 11.6 Å². The maximum Gasteiger partial charge on any atom is 0.230 e. The molecular formula is C17H16ClNOS. The monoisotopic (exact) mass is 317 g/mol. The van der Waals surface area contributed by atoms with E-state index in [1.165, 1.54) is 22.9 Å². The van der Waals surface area contributed by atoms with Gasteiger partial charge in [-0.1, -0.05) is 48.0 Å². The summed E-state index contributed by atoms with van der Waals surface area (Å²) in [5, 5.41) is 3.82. The Morgan fingerprint density at radius 2 is 1.95 bits per heavy atom. The lowest BCUT2D eigenvalue weighted by molar-refractivity contribution is -0.119. The highest BCUT2D eigenvalue weighted by Gasteiger charge is 2.23. The minimum atomic E-state index is 0.0571. The van der Waals surface area contributed by atoms with Gasteiger partial charge in [-0.25, -0.2) is 0 Å². The predicted molar refractivity (Wildman–Crippen MR) is 87.8 cm³/mol. The van der Waals surface area contributed by atoms with E-state index in [9.17, 15) is 4.79 Å². The van der Waals surface area contributed by atoms with Crippen molar-refractivity contribution in [2.24, 2.45) is 0 Å². The average molecular weight is 318 g/mol. The first-order valence-corrected chi connectivity index (χ1v) is 8.35. The summed E-state index contributed by atoms with van der Waals surface area (Å²) in [6, 6.07) is 16.1. The zero-order chi connectivity index (χ0) is 14.7. The fourth-order valence-electron chi connectivity index (χ4n) is 2.65. The van der Waals surface area contributed by atoms with Gasteiger partial charge in [0.1, 0.15) is 0 Å². The van der Waals surface area contributed by atoms with Gasteiger partial charge in [-0.2, -0.15) is 0 Å². The summed E-state index contributed by atoms with van der Waals surface area (Å²) in [5.41, 5.74) is 2.61. The van der Waals surface area contributed by atoms with E-state index in [-0.39, 0.29) is 11.9 Å². The molecule has 1 aliphatic rings. The first kappa shape index (κ1) is 14.5. The van der Waals surface area contributed by atoms with Crippen LogP contribution in [0.3, 0.4) is 0 Å². The molecule has 108 valence electrons. The molecule has 0 radical (unpaired) electrons. The summed E-state index contributed by atoms with van der Waals surface area (Å²) in [5.74, 6) is 0.448. The van der Waals surface area contributed by atoms with Crippen LogP contribution < -0.4 is 5.32 Å². The van der Waals surface area contributed by atoms with E-state index in [0.29, 0.717) is 10.8 Å². The van der Waals surface area contributed by atoms with Gasteiger partial charge in [0.25, 0.3) is 0 Å². The number of carbonyl (C=O) groups is 1. The summed E-state index contributed by atoms with van der Waals surface area (Å²) in [7, 11) is 0. The smallest absolute Gasteiger partial charge is 0.230 e. The number of amides is 1. The Kier molecular flexibility index (Phi) is 4.51. The van der Waals surface area contributed by atoms with Gasteiger partial charge in [0.2, 0.25) is 5.91 Å². The van der Waals surface area contributed by atoms with Gasteiger partial charge in [0, 0.05) is 4.90 Å². The van der Waals surface area contributed by atoms with E-state index in [2.05, 4.69) is 23.5 Å². The Morgan fingerprint density at radius 3 is 2.81 bits per heavy atom. The van der Waals surface area contributed by atoms with Gasteiger partial charge in [-0.05, 0) is 36.1 Å². The molecule has 0 bridgehead atoms. The number of fused-ring (bicyclic) bond motifs is 1. The van der Waals surface area contributed by atoms with Crippen molar-refractivity contribution in [2.75, 3.05) is 5.75 Å². The van der Waals surface area contributed by atoms with Gasteiger partial charge >= 0.3 is 0 Å². The number of nitrogens with one attached hydrogen (secondary N) is 1. The van der Waals surface area contributed by atoms with Gasteiger partial charge in [0.05, 0.1) is 16.8 Å². The normalized spacial score (nSPS) is 16.5. The molecule has 1 N–H and O–H groups in total.